The van der Waals surface area contributed by atoms with Crippen LogP contribution in [0, 0.1) is 0 Å². The van der Waals surface area contributed by atoms with Crippen LogP contribution < -0.4 is 0 Å². The Morgan fingerprint density at radius 1 is 0.600 bits per heavy atom. The molecule has 0 unspecified atom stereocenters. The maximum Gasteiger partial charge on any atom is 0.226 e. The molecule has 0 saturated heterocycles. The summed E-state index contributed by atoms with van der Waals surface area (Å²) in [6.07, 6.45) is 0. The fourth-order valence-electron chi connectivity index (χ4n) is 3.96. The molecule has 5 heteroatoms. The number of para-hydroxylation sites is 1. The zero-order valence-electron chi connectivity index (χ0n) is 15.7. The van der Waals surface area contributed by atoms with Crippen molar-refractivity contribution in [2.45, 2.75) is 0 Å². The Kier molecular flexibility index (Phi) is 3.79. The fourth-order valence-corrected chi connectivity index (χ4v) is 4.12. The van der Waals surface area contributed by atoms with Gasteiger partial charge in [0.2, 0.25) is 5.28 Å². The summed E-state index contributed by atoms with van der Waals surface area (Å²) < 4.78 is 6.16. The van der Waals surface area contributed by atoms with Gasteiger partial charge in [-0.15, -0.1) is 0 Å². The minimum absolute atomic E-state index is 0.160. The third-order valence-electron chi connectivity index (χ3n) is 5.27. The summed E-state index contributed by atoms with van der Waals surface area (Å²) in [4.78, 5) is 13.5. The predicted octanol–water partition coefficient (Wildman–Crippen LogP) is 6.91. The van der Waals surface area contributed by atoms with Gasteiger partial charge in [0.05, 0.1) is 0 Å². The predicted molar refractivity (Wildman–Crippen MR) is 120 cm³/mol. The quantitative estimate of drug-likeness (QED) is 0.313. The van der Waals surface area contributed by atoms with Crippen LogP contribution in [0.25, 0.3) is 55.5 Å². The summed E-state index contributed by atoms with van der Waals surface area (Å²) in [5.41, 5.74) is 3.40. The van der Waals surface area contributed by atoms with E-state index < -0.39 is 0 Å². The summed E-state index contributed by atoms with van der Waals surface area (Å²) in [6.45, 7) is 0. The molecule has 0 amide bonds. The van der Waals surface area contributed by atoms with Crippen LogP contribution in [-0.4, -0.2) is 15.0 Å². The van der Waals surface area contributed by atoms with Gasteiger partial charge in [-0.3, -0.25) is 0 Å². The van der Waals surface area contributed by atoms with Crippen LogP contribution in [0.4, 0.5) is 0 Å². The Balaban J connectivity index is 1.69. The van der Waals surface area contributed by atoms with Crippen molar-refractivity contribution in [3.05, 3.63) is 90.2 Å². The van der Waals surface area contributed by atoms with E-state index in [1.807, 2.05) is 66.7 Å². The highest BCUT2D eigenvalue weighted by Crippen LogP contribution is 2.39. The van der Waals surface area contributed by atoms with E-state index in [4.69, 9.17) is 21.0 Å². The maximum atomic E-state index is 6.30. The number of hydrogen-bond donors (Lipinski definition) is 0. The van der Waals surface area contributed by atoms with Crippen LogP contribution >= 0.6 is 11.6 Å². The molecule has 142 valence electrons. The van der Waals surface area contributed by atoms with Gasteiger partial charge >= 0.3 is 0 Å². The molecule has 2 heterocycles. The average Bonchev–Trinajstić information content (AvgIpc) is 3.17. The van der Waals surface area contributed by atoms with E-state index in [2.05, 4.69) is 28.2 Å². The number of rotatable bonds is 2. The molecule has 0 aliphatic rings. The Labute approximate surface area is 176 Å². The molecular formula is C25H14ClN3O. The number of furan rings is 1. The highest BCUT2D eigenvalue weighted by atomic mass is 35.5. The first-order valence-corrected chi connectivity index (χ1v) is 9.96. The minimum Gasteiger partial charge on any atom is -0.456 e. The van der Waals surface area contributed by atoms with E-state index in [1.165, 1.54) is 0 Å². The molecule has 6 aromatic rings. The van der Waals surface area contributed by atoms with E-state index in [9.17, 15) is 0 Å². The van der Waals surface area contributed by atoms with Gasteiger partial charge < -0.3 is 4.42 Å². The fraction of sp³-hybridized carbons (Fsp3) is 0. The summed E-state index contributed by atoms with van der Waals surface area (Å²) in [6, 6.07) is 28.0. The molecule has 0 atom stereocenters. The normalized spacial score (nSPS) is 11.5. The van der Waals surface area contributed by atoms with Crippen molar-refractivity contribution in [2.24, 2.45) is 0 Å². The molecule has 4 aromatic carbocycles. The van der Waals surface area contributed by atoms with Crippen LogP contribution in [-0.2, 0) is 0 Å². The monoisotopic (exact) mass is 407 g/mol. The average molecular weight is 408 g/mol. The molecule has 0 fully saturated rings. The van der Waals surface area contributed by atoms with Crippen LogP contribution in [0.2, 0.25) is 5.28 Å². The van der Waals surface area contributed by atoms with E-state index in [-0.39, 0.29) is 5.28 Å². The van der Waals surface area contributed by atoms with Crippen molar-refractivity contribution in [2.75, 3.05) is 0 Å². The van der Waals surface area contributed by atoms with Gasteiger partial charge in [-0.1, -0.05) is 72.8 Å². The summed E-state index contributed by atoms with van der Waals surface area (Å²) >= 11 is 6.30. The van der Waals surface area contributed by atoms with Crippen LogP contribution in [0.3, 0.4) is 0 Å². The van der Waals surface area contributed by atoms with Crippen molar-refractivity contribution in [3.8, 4) is 22.8 Å². The van der Waals surface area contributed by atoms with E-state index in [0.717, 1.165) is 43.8 Å². The molecule has 0 N–H and O–H groups in total. The van der Waals surface area contributed by atoms with Gasteiger partial charge in [0, 0.05) is 21.9 Å². The molecule has 4 nitrogen and oxygen atoms in total. The molecule has 0 saturated carbocycles. The molecule has 2 aromatic heterocycles. The Morgan fingerprint density at radius 3 is 2.10 bits per heavy atom. The number of hydrogen-bond acceptors (Lipinski definition) is 4. The van der Waals surface area contributed by atoms with Crippen molar-refractivity contribution in [1.82, 2.24) is 15.0 Å². The van der Waals surface area contributed by atoms with Gasteiger partial charge in [0.15, 0.2) is 11.6 Å². The second kappa shape index (κ2) is 6.65. The van der Waals surface area contributed by atoms with Crippen molar-refractivity contribution < 1.29 is 4.42 Å². The van der Waals surface area contributed by atoms with Crippen molar-refractivity contribution in [1.29, 1.82) is 0 Å². The third-order valence-corrected chi connectivity index (χ3v) is 5.43. The van der Waals surface area contributed by atoms with Crippen LogP contribution in [0.1, 0.15) is 0 Å². The zero-order valence-corrected chi connectivity index (χ0v) is 16.5. The number of halogens is 1. The van der Waals surface area contributed by atoms with Gasteiger partial charge in [-0.25, -0.2) is 4.98 Å². The Hall–Kier alpha value is -3.76. The lowest BCUT2D eigenvalue weighted by Gasteiger charge is -2.09. The molecule has 0 spiro atoms. The molecule has 0 bridgehead atoms. The lowest BCUT2D eigenvalue weighted by Crippen LogP contribution is -1.97. The van der Waals surface area contributed by atoms with Gasteiger partial charge in [-0.2, -0.15) is 9.97 Å². The topological polar surface area (TPSA) is 51.8 Å². The standard InChI is InChI=1S/C25H14ClN3O/c26-25-28-23(15-8-2-1-3-9-15)27-24(29-25)19-14-21-22(17-11-5-4-10-16(17)19)18-12-6-7-13-20(18)30-21/h1-14H. The summed E-state index contributed by atoms with van der Waals surface area (Å²) in [7, 11) is 0. The molecule has 6 rings (SSSR count). The first-order valence-electron chi connectivity index (χ1n) is 9.58. The number of fused-ring (bicyclic) bond motifs is 5. The summed E-state index contributed by atoms with van der Waals surface area (Å²) in [5, 5.41) is 4.47. The molecule has 0 aliphatic heterocycles. The maximum absolute atomic E-state index is 6.30. The van der Waals surface area contributed by atoms with Crippen molar-refractivity contribution >= 4 is 44.3 Å². The Bertz CT molecular complexity index is 1560. The van der Waals surface area contributed by atoms with Gasteiger partial charge in [0.1, 0.15) is 11.2 Å². The van der Waals surface area contributed by atoms with Crippen LogP contribution in [0.15, 0.2) is 89.3 Å². The largest absolute Gasteiger partial charge is 0.456 e. The van der Waals surface area contributed by atoms with Gasteiger partial charge in [0.25, 0.3) is 0 Å². The number of aromatic nitrogens is 3. The smallest absolute Gasteiger partial charge is 0.226 e. The van der Waals surface area contributed by atoms with Gasteiger partial charge in [-0.05, 0) is 34.5 Å². The molecule has 30 heavy (non-hydrogen) atoms. The SMILES string of the molecule is Clc1nc(-c2ccccc2)nc(-c2cc3oc4ccccc4c3c3ccccc23)n1. The highest BCUT2D eigenvalue weighted by molar-refractivity contribution is 6.28. The first kappa shape index (κ1) is 17.1. The van der Waals surface area contributed by atoms with E-state index >= 15 is 0 Å². The lowest BCUT2D eigenvalue weighted by atomic mass is 9.99. The molecular weight excluding hydrogens is 394 g/mol. The second-order valence-electron chi connectivity index (χ2n) is 7.06. The summed E-state index contributed by atoms with van der Waals surface area (Å²) in [5.74, 6) is 1.06. The Morgan fingerprint density at radius 2 is 1.27 bits per heavy atom. The first-order chi connectivity index (χ1) is 14.8. The van der Waals surface area contributed by atoms with E-state index in [1.54, 1.807) is 0 Å². The zero-order chi connectivity index (χ0) is 20.1. The second-order valence-corrected chi connectivity index (χ2v) is 7.40. The number of nitrogens with zero attached hydrogens (tertiary/aromatic N) is 3. The van der Waals surface area contributed by atoms with Crippen LogP contribution in [0.5, 0.6) is 0 Å². The van der Waals surface area contributed by atoms with Crippen molar-refractivity contribution in [3.63, 3.8) is 0 Å². The molecule has 0 aliphatic carbocycles. The molecule has 0 radical (unpaired) electrons. The minimum atomic E-state index is 0.160. The number of benzene rings is 4. The third kappa shape index (κ3) is 2.65. The van der Waals surface area contributed by atoms with E-state index in [0.29, 0.717) is 11.6 Å². The highest BCUT2D eigenvalue weighted by Gasteiger charge is 2.17. The lowest BCUT2D eigenvalue weighted by molar-refractivity contribution is 0.669.